The zero-order chi connectivity index (χ0) is 22.1. The Morgan fingerprint density at radius 2 is 1.60 bits per heavy atom. The molecule has 158 valence electrons. The maximum absolute atomic E-state index is 12.7. The number of hydrogen-bond acceptors (Lipinski definition) is 5. The van der Waals surface area contributed by atoms with Crippen LogP contribution in [0.2, 0.25) is 0 Å². The van der Waals surface area contributed by atoms with Crippen molar-refractivity contribution in [2.45, 2.75) is 57.7 Å². The van der Waals surface area contributed by atoms with Crippen molar-refractivity contribution in [3.8, 4) is 0 Å². The third-order valence-corrected chi connectivity index (χ3v) is 5.63. The average molecular weight is 407 g/mol. The van der Waals surface area contributed by atoms with Crippen molar-refractivity contribution in [1.29, 1.82) is 0 Å². The lowest BCUT2D eigenvalue weighted by atomic mass is 9.66. The number of fused-ring (bicyclic) bond motifs is 1. The molecule has 0 bridgehead atoms. The van der Waals surface area contributed by atoms with Gasteiger partial charge in [0.1, 0.15) is 0 Å². The molecule has 0 saturated carbocycles. The normalized spacial score (nSPS) is 20.2. The third-order valence-electron chi connectivity index (χ3n) is 5.63. The van der Waals surface area contributed by atoms with E-state index in [0.29, 0.717) is 18.4 Å². The number of esters is 1. The van der Waals surface area contributed by atoms with Gasteiger partial charge in [-0.15, -0.1) is 0 Å². The number of aromatic carboxylic acids is 1. The predicted octanol–water partition coefficient (Wildman–Crippen LogP) is 3.43. The van der Waals surface area contributed by atoms with Crippen molar-refractivity contribution >= 4 is 24.1 Å². The highest BCUT2D eigenvalue weighted by molar-refractivity contribution is 5.86. The third kappa shape index (κ3) is 4.31. The topological polar surface area (TPSA) is 86.7 Å². The SMILES string of the molecule is CC(C)OC(=O)C1(O)CCC(C)(C)c2ccc(/C=C/c3ccc(C(=O)[O-])cc3)cc21. The quantitative estimate of drug-likeness (QED) is 0.606. The molecule has 5 heteroatoms. The van der Waals surface area contributed by atoms with Gasteiger partial charge in [-0.2, -0.15) is 0 Å². The Hall–Kier alpha value is -2.92. The molecule has 2 aromatic carbocycles. The number of ether oxygens (including phenoxy) is 1. The van der Waals surface area contributed by atoms with E-state index in [1.807, 2.05) is 30.4 Å². The van der Waals surface area contributed by atoms with Gasteiger partial charge in [-0.3, -0.25) is 0 Å². The van der Waals surface area contributed by atoms with Gasteiger partial charge in [-0.25, -0.2) is 4.79 Å². The summed E-state index contributed by atoms with van der Waals surface area (Å²) in [5.74, 6) is -1.83. The minimum atomic E-state index is -1.67. The first-order valence-corrected chi connectivity index (χ1v) is 10.1. The first-order valence-electron chi connectivity index (χ1n) is 10.1. The van der Waals surface area contributed by atoms with Crippen molar-refractivity contribution in [1.82, 2.24) is 0 Å². The second-order valence-corrected chi connectivity index (χ2v) is 8.75. The highest BCUT2D eigenvalue weighted by Crippen LogP contribution is 2.46. The van der Waals surface area contributed by atoms with Gasteiger partial charge in [0.05, 0.1) is 12.1 Å². The molecule has 1 aliphatic carbocycles. The number of carbonyl (C=O) groups is 2. The van der Waals surface area contributed by atoms with E-state index in [0.717, 1.165) is 16.7 Å². The van der Waals surface area contributed by atoms with Gasteiger partial charge >= 0.3 is 5.97 Å². The van der Waals surface area contributed by atoms with Gasteiger partial charge in [-0.1, -0.05) is 62.4 Å². The minimum absolute atomic E-state index is 0.122. The van der Waals surface area contributed by atoms with Crippen molar-refractivity contribution in [2.24, 2.45) is 0 Å². The van der Waals surface area contributed by atoms with Crippen molar-refractivity contribution in [3.63, 3.8) is 0 Å². The smallest absolute Gasteiger partial charge is 0.343 e. The Balaban J connectivity index is 1.97. The number of carboxylic acids is 1. The van der Waals surface area contributed by atoms with Crippen molar-refractivity contribution < 1.29 is 24.5 Å². The van der Waals surface area contributed by atoms with Crippen LogP contribution in [0.15, 0.2) is 42.5 Å². The Morgan fingerprint density at radius 3 is 2.20 bits per heavy atom. The summed E-state index contributed by atoms with van der Waals surface area (Å²) in [5, 5.41) is 22.2. The fraction of sp³-hybridized carbons (Fsp3) is 0.360. The van der Waals surface area contributed by atoms with E-state index in [1.54, 1.807) is 26.0 Å². The molecule has 0 aromatic heterocycles. The first kappa shape index (κ1) is 21.8. The van der Waals surface area contributed by atoms with E-state index >= 15 is 0 Å². The molecule has 0 aliphatic heterocycles. The number of rotatable bonds is 5. The number of aliphatic hydroxyl groups is 1. The van der Waals surface area contributed by atoms with E-state index in [9.17, 15) is 19.8 Å². The molecule has 2 aromatic rings. The van der Waals surface area contributed by atoms with Gasteiger partial charge in [-0.05, 0) is 66.0 Å². The highest BCUT2D eigenvalue weighted by Gasteiger charge is 2.48. The van der Waals surface area contributed by atoms with Gasteiger partial charge in [0, 0.05) is 0 Å². The summed E-state index contributed by atoms with van der Waals surface area (Å²) in [6.45, 7) is 7.74. The van der Waals surface area contributed by atoms with Crippen LogP contribution in [0, 0.1) is 0 Å². The lowest BCUT2D eigenvalue weighted by Crippen LogP contribution is -2.45. The zero-order valence-electron chi connectivity index (χ0n) is 17.8. The van der Waals surface area contributed by atoms with Crippen LogP contribution in [-0.2, 0) is 20.5 Å². The monoisotopic (exact) mass is 407 g/mol. The van der Waals surface area contributed by atoms with Gasteiger partial charge in [0.2, 0.25) is 0 Å². The molecule has 0 fully saturated rings. The van der Waals surface area contributed by atoms with Crippen LogP contribution in [0.5, 0.6) is 0 Å². The largest absolute Gasteiger partial charge is 0.545 e. The molecule has 3 rings (SSSR count). The predicted molar refractivity (Wildman–Crippen MR) is 114 cm³/mol. The van der Waals surface area contributed by atoms with Crippen LogP contribution in [0.25, 0.3) is 12.2 Å². The number of carbonyl (C=O) groups excluding carboxylic acids is 2. The van der Waals surface area contributed by atoms with Crippen LogP contribution >= 0.6 is 0 Å². The lowest BCUT2D eigenvalue weighted by Gasteiger charge is -2.41. The van der Waals surface area contributed by atoms with E-state index in [1.165, 1.54) is 12.1 Å². The van der Waals surface area contributed by atoms with E-state index in [-0.39, 0.29) is 17.1 Å². The molecule has 30 heavy (non-hydrogen) atoms. The highest BCUT2D eigenvalue weighted by atomic mass is 16.6. The summed E-state index contributed by atoms with van der Waals surface area (Å²) >= 11 is 0. The zero-order valence-corrected chi connectivity index (χ0v) is 17.8. The summed E-state index contributed by atoms with van der Waals surface area (Å²) in [5.41, 5.74) is 1.46. The standard InChI is InChI=1S/C25H28O5/c1-16(2)30-23(28)25(29)14-13-24(3,4)20-12-9-18(15-21(20)25)6-5-17-7-10-19(11-8-17)22(26)27/h5-12,15-16,29H,13-14H2,1-4H3,(H,26,27)/p-1/b6-5+. The number of carboxylic acid groups (broad SMARTS) is 1. The van der Waals surface area contributed by atoms with Gasteiger partial charge in [0.15, 0.2) is 5.60 Å². The summed E-state index contributed by atoms with van der Waals surface area (Å²) in [7, 11) is 0. The van der Waals surface area contributed by atoms with Crippen molar-refractivity contribution in [3.05, 3.63) is 70.3 Å². The summed E-state index contributed by atoms with van der Waals surface area (Å²) in [6, 6.07) is 12.1. The molecule has 1 unspecified atom stereocenters. The maximum atomic E-state index is 12.7. The number of hydrogen-bond donors (Lipinski definition) is 1. The van der Waals surface area contributed by atoms with E-state index in [2.05, 4.69) is 13.8 Å². The molecule has 0 saturated heterocycles. The molecule has 0 spiro atoms. The van der Waals surface area contributed by atoms with Crippen molar-refractivity contribution in [2.75, 3.05) is 0 Å². The lowest BCUT2D eigenvalue weighted by molar-refractivity contribution is -0.255. The molecule has 0 heterocycles. The molecule has 1 atom stereocenters. The van der Waals surface area contributed by atoms with Crippen LogP contribution in [0.1, 0.15) is 73.1 Å². The molecule has 0 radical (unpaired) electrons. The second-order valence-electron chi connectivity index (χ2n) is 8.75. The molecular weight excluding hydrogens is 380 g/mol. The Morgan fingerprint density at radius 1 is 1.00 bits per heavy atom. The number of benzene rings is 2. The van der Waals surface area contributed by atoms with Crippen LogP contribution in [0.4, 0.5) is 0 Å². The van der Waals surface area contributed by atoms with Crippen LogP contribution in [0.3, 0.4) is 0 Å². The summed E-state index contributed by atoms with van der Waals surface area (Å²) in [6.07, 6.45) is 4.37. The van der Waals surface area contributed by atoms with Gasteiger partial charge in [0.25, 0.3) is 0 Å². The van der Waals surface area contributed by atoms with E-state index < -0.39 is 17.5 Å². The Bertz CT molecular complexity index is 985. The second kappa shape index (κ2) is 8.07. The fourth-order valence-electron chi connectivity index (χ4n) is 3.81. The maximum Gasteiger partial charge on any atom is 0.343 e. The Kier molecular flexibility index (Phi) is 5.86. The minimum Gasteiger partial charge on any atom is -0.545 e. The Labute approximate surface area is 177 Å². The summed E-state index contributed by atoms with van der Waals surface area (Å²) < 4.78 is 5.36. The molecule has 1 aliphatic rings. The fourth-order valence-corrected chi connectivity index (χ4v) is 3.81. The molecule has 0 amide bonds. The molecular formula is C25H27O5-. The van der Waals surface area contributed by atoms with Gasteiger partial charge < -0.3 is 19.7 Å². The molecule has 5 nitrogen and oxygen atoms in total. The summed E-state index contributed by atoms with van der Waals surface area (Å²) in [4.78, 5) is 23.6. The molecule has 1 N–H and O–H groups in total. The van der Waals surface area contributed by atoms with E-state index in [4.69, 9.17) is 4.74 Å². The van der Waals surface area contributed by atoms with Crippen LogP contribution in [-0.4, -0.2) is 23.1 Å². The van der Waals surface area contributed by atoms with Crippen LogP contribution < -0.4 is 5.11 Å². The first-order chi connectivity index (χ1) is 14.0. The average Bonchev–Trinajstić information content (AvgIpc) is 2.69.